The van der Waals surface area contributed by atoms with Crippen LogP contribution in [-0.4, -0.2) is 7.05 Å². The van der Waals surface area contributed by atoms with E-state index in [1.807, 2.05) is 0 Å². The second-order valence-corrected chi connectivity index (χ2v) is 7.21. The first-order valence-electron chi connectivity index (χ1n) is 8.76. The molecule has 2 heteroatoms. The molecule has 0 unspecified atom stereocenters. The van der Waals surface area contributed by atoms with E-state index >= 15 is 0 Å². The SMILES string of the molecule is Cc1ccc2c(c1)N(C)c1cc(C)cc3c1c-2[n+](C)c1ccccc31. The Morgan fingerprint density at radius 3 is 2.40 bits per heavy atom. The number of benzene rings is 3. The maximum atomic E-state index is 2.36. The number of rotatable bonds is 0. The van der Waals surface area contributed by atoms with Gasteiger partial charge < -0.3 is 4.90 Å². The molecule has 0 atom stereocenters. The van der Waals surface area contributed by atoms with Crippen LogP contribution >= 0.6 is 0 Å². The van der Waals surface area contributed by atoms with Gasteiger partial charge in [-0.25, -0.2) is 0 Å². The molecule has 122 valence electrons. The van der Waals surface area contributed by atoms with Gasteiger partial charge in [0.2, 0.25) is 11.2 Å². The second kappa shape index (κ2) is 4.82. The van der Waals surface area contributed by atoms with Gasteiger partial charge in [-0.1, -0.05) is 24.3 Å². The Kier molecular flexibility index (Phi) is 2.79. The normalized spacial score (nSPS) is 12.7. The number of para-hydroxylation sites is 1. The third kappa shape index (κ3) is 1.82. The van der Waals surface area contributed by atoms with E-state index in [1.165, 1.54) is 55.4 Å². The van der Waals surface area contributed by atoms with Crippen molar-refractivity contribution in [2.45, 2.75) is 13.8 Å². The van der Waals surface area contributed by atoms with Crippen molar-refractivity contribution in [1.29, 1.82) is 0 Å². The van der Waals surface area contributed by atoms with Crippen molar-refractivity contribution in [3.8, 4) is 11.3 Å². The first kappa shape index (κ1) is 14.5. The van der Waals surface area contributed by atoms with E-state index in [2.05, 4.69) is 92.0 Å². The molecule has 0 amide bonds. The molecule has 0 bridgehead atoms. The first-order chi connectivity index (χ1) is 12.1. The predicted octanol–water partition coefficient (Wildman–Crippen LogP) is 5.18. The molecule has 0 radical (unpaired) electrons. The molecule has 1 aromatic heterocycles. The smallest absolute Gasteiger partial charge is 0.224 e. The maximum absolute atomic E-state index is 2.36. The number of hydrogen-bond donors (Lipinski definition) is 0. The zero-order valence-electron chi connectivity index (χ0n) is 15.1. The van der Waals surface area contributed by atoms with Gasteiger partial charge in [0.1, 0.15) is 7.05 Å². The van der Waals surface area contributed by atoms with Crippen LogP contribution < -0.4 is 9.47 Å². The van der Waals surface area contributed by atoms with Crippen molar-refractivity contribution in [1.82, 2.24) is 0 Å². The van der Waals surface area contributed by atoms with E-state index in [9.17, 15) is 0 Å². The van der Waals surface area contributed by atoms with Crippen molar-refractivity contribution in [3.63, 3.8) is 0 Å². The maximum Gasteiger partial charge on any atom is 0.224 e. The highest BCUT2D eigenvalue weighted by Gasteiger charge is 2.31. The fourth-order valence-corrected chi connectivity index (χ4v) is 4.34. The molecular weight excluding hydrogens is 304 g/mol. The number of aromatic nitrogens is 1. The molecule has 0 N–H and O–H groups in total. The van der Waals surface area contributed by atoms with Crippen LogP contribution in [0.5, 0.6) is 0 Å². The average Bonchev–Trinajstić information content (AvgIpc) is 2.61. The summed E-state index contributed by atoms with van der Waals surface area (Å²) in [5.74, 6) is 0. The summed E-state index contributed by atoms with van der Waals surface area (Å²) in [5.41, 5.74) is 9.07. The van der Waals surface area contributed by atoms with Crippen LogP contribution in [0.1, 0.15) is 11.1 Å². The van der Waals surface area contributed by atoms with Gasteiger partial charge in [0, 0.05) is 18.5 Å². The highest BCUT2D eigenvalue weighted by molar-refractivity contribution is 6.17. The molecule has 5 rings (SSSR count). The third-order valence-corrected chi connectivity index (χ3v) is 5.52. The average molecular weight is 325 g/mol. The fraction of sp³-hybridized carbons (Fsp3) is 0.174. The number of nitrogens with zero attached hydrogens (tertiary/aromatic N) is 2. The molecule has 3 aromatic carbocycles. The molecule has 2 nitrogen and oxygen atoms in total. The lowest BCUT2D eigenvalue weighted by Crippen LogP contribution is -2.34. The molecule has 0 fully saturated rings. The summed E-state index contributed by atoms with van der Waals surface area (Å²) < 4.78 is 2.36. The lowest BCUT2D eigenvalue weighted by atomic mass is 9.91. The van der Waals surface area contributed by atoms with Gasteiger partial charge >= 0.3 is 0 Å². The van der Waals surface area contributed by atoms with E-state index < -0.39 is 0 Å². The molecule has 0 saturated heterocycles. The Balaban J connectivity index is 2.11. The quantitative estimate of drug-likeness (QED) is 0.319. The second-order valence-electron chi connectivity index (χ2n) is 7.21. The number of aryl methyl sites for hydroxylation is 3. The van der Waals surface area contributed by atoms with Crippen LogP contribution in [0.25, 0.3) is 32.9 Å². The Morgan fingerprint density at radius 1 is 0.800 bits per heavy atom. The van der Waals surface area contributed by atoms with Gasteiger partial charge in [-0.2, -0.15) is 4.57 Å². The Labute approximate surface area is 147 Å². The molecular formula is C23H21N2+. The minimum Gasteiger partial charge on any atom is -0.343 e. The molecule has 0 aliphatic carbocycles. The summed E-state index contributed by atoms with van der Waals surface area (Å²) in [6.07, 6.45) is 0. The topological polar surface area (TPSA) is 7.12 Å². The molecule has 0 spiro atoms. The van der Waals surface area contributed by atoms with E-state index in [1.54, 1.807) is 0 Å². The van der Waals surface area contributed by atoms with Crippen LogP contribution in [0, 0.1) is 13.8 Å². The fourth-order valence-electron chi connectivity index (χ4n) is 4.34. The third-order valence-electron chi connectivity index (χ3n) is 5.52. The van der Waals surface area contributed by atoms with Crippen molar-refractivity contribution >= 4 is 33.1 Å². The summed E-state index contributed by atoms with van der Waals surface area (Å²) in [4.78, 5) is 2.35. The first-order valence-corrected chi connectivity index (χ1v) is 8.76. The molecule has 2 heterocycles. The summed E-state index contributed by atoms with van der Waals surface area (Å²) in [6, 6.07) is 20.1. The van der Waals surface area contributed by atoms with Crippen LogP contribution in [0.15, 0.2) is 54.6 Å². The van der Waals surface area contributed by atoms with Gasteiger partial charge in [-0.15, -0.1) is 0 Å². The molecule has 0 saturated carbocycles. The number of hydrogen-bond acceptors (Lipinski definition) is 1. The Morgan fingerprint density at radius 2 is 1.56 bits per heavy atom. The van der Waals surface area contributed by atoms with Gasteiger partial charge in [0.05, 0.1) is 27.7 Å². The molecule has 25 heavy (non-hydrogen) atoms. The standard InChI is InChI=1S/C23H21N2/c1-14-9-10-17-20(12-14)24(3)21-13-15(2)11-18-16-7-5-6-8-19(16)25(4)23(17)22(18)21/h5-13H,1-4H3/q+1. The van der Waals surface area contributed by atoms with Gasteiger partial charge in [-0.05, 0) is 49.2 Å². The zero-order valence-corrected chi connectivity index (χ0v) is 15.1. The van der Waals surface area contributed by atoms with Crippen LogP contribution in [0.2, 0.25) is 0 Å². The summed E-state index contributed by atoms with van der Waals surface area (Å²) in [6.45, 7) is 4.35. The lowest BCUT2D eigenvalue weighted by Gasteiger charge is -2.29. The molecule has 1 aliphatic heterocycles. The van der Waals surface area contributed by atoms with Crippen molar-refractivity contribution in [3.05, 3.63) is 65.7 Å². The molecule has 1 aliphatic rings. The van der Waals surface area contributed by atoms with Gasteiger partial charge in [-0.3, -0.25) is 0 Å². The molecule has 4 aromatic rings. The Hall–Kier alpha value is -2.87. The monoisotopic (exact) mass is 325 g/mol. The zero-order chi connectivity index (χ0) is 17.3. The van der Waals surface area contributed by atoms with Crippen LogP contribution in [-0.2, 0) is 7.05 Å². The van der Waals surface area contributed by atoms with Crippen molar-refractivity contribution < 1.29 is 4.57 Å². The van der Waals surface area contributed by atoms with Crippen molar-refractivity contribution in [2.75, 3.05) is 11.9 Å². The van der Waals surface area contributed by atoms with E-state index in [0.29, 0.717) is 0 Å². The highest BCUT2D eigenvalue weighted by atomic mass is 15.1. The highest BCUT2D eigenvalue weighted by Crippen LogP contribution is 2.47. The largest absolute Gasteiger partial charge is 0.343 e. The van der Waals surface area contributed by atoms with Crippen LogP contribution in [0.3, 0.4) is 0 Å². The number of anilines is 2. The summed E-state index contributed by atoms with van der Waals surface area (Å²) in [7, 11) is 4.38. The lowest BCUT2D eigenvalue weighted by molar-refractivity contribution is -0.632. The van der Waals surface area contributed by atoms with Gasteiger partial charge in [0.15, 0.2) is 0 Å². The Bertz CT molecular complexity index is 1190. The van der Waals surface area contributed by atoms with E-state index in [4.69, 9.17) is 0 Å². The van der Waals surface area contributed by atoms with E-state index in [0.717, 1.165) is 0 Å². The summed E-state index contributed by atoms with van der Waals surface area (Å²) >= 11 is 0. The minimum absolute atomic E-state index is 1.28. The number of fused-ring (bicyclic) bond motifs is 4. The van der Waals surface area contributed by atoms with Gasteiger partial charge in [0.25, 0.3) is 0 Å². The van der Waals surface area contributed by atoms with E-state index in [-0.39, 0.29) is 0 Å². The van der Waals surface area contributed by atoms with Crippen molar-refractivity contribution in [2.24, 2.45) is 7.05 Å². The minimum atomic E-state index is 1.28. The number of pyridine rings is 1. The van der Waals surface area contributed by atoms with Crippen LogP contribution in [0.4, 0.5) is 11.4 Å². The summed E-state index contributed by atoms with van der Waals surface area (Å²) in [5, 5.41) is 4.01. The predicted molar refractivity (Wildman–Crippen MR) is 106 cm³/mol.